The van der Waals surface area contributed by atoms with Gasteiger partial charge in [-0.1, -0.05) is 29.8 Å². The van der Waals surface area contributed by atoms with Crippen molar-refractivity contribution in [3.05, 3.63) is 53.6 Å². The van der Waals surface area contributed by atoms with E-state index in [-0.39, 0.29) is 17.7 Å². The van der Waals surface area contributed by atoms with Gasteiger partial charge < -0.3 is 19.7 Å². The van der Waals surface area contributed by atoms with Gasteiger partial charge in [0, 0.05) is 30.8 Å². The minimum atomic E-state index is -0.105. The van der Waals surface area contributed by atoms with Crippen LogP contribution in [0.4, 0.5) is 5.69 Å². The maximum absolute atomic E-state index is 12.6. The number of carbonyl (C=O) groups excluding carboxylic acids is 2. The fourth-order valence-corrected chi connectivity index (χ4v) is 3.54. The number of likely N-dealkylation sites (tertiary alicyclic amines) is 1. The minimum absolute atomic E-state index is 0.0251. The number of hydrogen-bond acceptors (Lipinski definition) is 4. The number of nitrogens with zero attached hydrogens (tertiary/aromatic N) is 1. The highest BCUT2D eigenvalue weighted by Crippen LogP contribution is 2.30. The summed E-state index contributed by atoms with van der Waals surface area (Å²) >= 11 is 0. The molecule has 0 saturated carbocycles. The highest BCUT2D eigenvalue weighted by Gasteiger charge is 2.27. The first-order valence-corrected chi connectivity index (χ1v) is 9.86. The number of piperidine rings is 1. The van der Waals surface area contributed by atoms with Gasteiger partial charge in [0.2, 0.25) is 11.8 Å². The molecular weight excluding hydrogens is 368 g/mol. The van der Waals surface area contributed by atoms with Gasteiger partial charge in [-0.05, 0) is 37.5 Å². The van der Waals surface area contributed by atoms with E-state index in [0.717, 1.165) is 5.56 Å². The summed E-state index contributed by atoms with van der Waals surface area (Å²) in [6, 6.07) is 13.3. The van der Waals surface area contributed by atoms with Crippen molar-refractivity contribution in [1.82, 2.24) is 4.90 Å². The Morgan fingerprint density at radius 1 is 1.00 bits per heavy atom. The van der Waals surface area contributed by atoms with Crippen LogP contribution in [-0.4, -0.2) is 44.0 Å². The molecule has 1 fully saturated rings. The van der Waals surface area contributed by atoms with Gasteiger partial charge in [0.05, 0.1) is 20.6 Å². The maximum atomic E-state index is 12.6. The minimum Gasteiger partial charge on any atom is -0.493 e. The molecule has 29 heavy (non-hydrogen) atoms. The van der Waals surface area contributed by atoms with Gasteiger partial charge in [-0.2, -0.15) is 0 Å². The summed E-state index contributed by atoms with van der Waals surface area (Å²) in [7, 11) is 3.14. The van der Waals surface area contributed by atoms with Crippen LogP contribution in [0.1, 0.15) is 24.0 Å². The van der Waals surface area contributed by atoms with E-state index in [1.165, 1.54) is 5.56 Å². The predicted octanol–water partition coefficient (Wildman–Crippen LogP) is 3.43. The molecular formula is C23H28N2O4. The van der Waals surface area contributed by atoms with Crippen molar-refractivity contribution in [3.63, 3.8) is 0 Å². The van der Waals surface area contributed by atoms with E-state index in [9.17, 15) is 9.59 Å². The second kappa shape index (κ2) is 9.45. The van der Waals surface area contributed by atoms with E-state index in [1.54, 1.807) is 32.4 Å². The van der Waals surface area contributed by atoms with Gasteiger partial charge in [-0.25, -0.2) is 0 Å². The molecule has 2 aromatic rings. The number of rotatable bonds is 6. The number of ether oxygens (including phenoxy) is 2. The first kappa shape index (κ1) is 20.7. The predicted molar refractivity (Wildman–Crippen MR) is 112 cm³/mol. The molecule has 1 N–H and O–H groups in total. The van der Waals surface area contributed by atoms with E-state index in [1.807, 2.05) is 36.1 Å². The average molecular weight is 396 g/mol. The van der Waals surface area contributed by atoms with Gasteiger partial charge in [0.1, 0.15) is 0 Å². The highest BCUT2D eigenvalue weighted by atomic mass is 16.5. The van der Waals surface area contributed by atoms with Crippen LogP contribution in [-0.2, 0) is 16.0 Å². The molecule has 0 aliphatic carbocycles. The number of anilines is 1. The molecule has 1 aliphatic heterocycles. The Bertz CT molecular complexity index is 856. The SMILES string of the molecule is COc1ccc(NC(=O)C2CCN(C(=O)Cc3ccc(C)cc3)CC2)cc1OC. The summed E-state index contributed by atoms with van der Waals surface area (Å²) < 4.78 is 10.5. The van der Waals surface area contributed by atoms with Crippen molar-refractivity contribution in [2.75, 3.05) is 32.6 Å². The molecule has 2 amide bonds. The molecule has 0 radical (unpaired) electrons. The Labute approximate surface area is 171 Å². The van der Waals surface area contributed by atoms with Gasteiger partial charge >= 0.3 is 0 Å². The molecule has 6 heteroatoms. The summed E-state index contributed by atoms with van der Waals surface area (Å²) in [5.74, 6) is 1.18. The fourth-order valence-electron chi connectivity index (χ4n) is 3.54. The highest BCUT2D eigenvalue weighted by molar-refractivity contribution is 5.93. The Hall–Kier alpha value is -3.02. The van der Waals surface area contributed by atoms with E-state index in [4.69, 9.17) is 9.47 Å². The Kier molecular flexibility index (Phi) is 6.75. The molecule has 1 heterocycles. The summed E-state index contributed by atoms with van der Waals surface area (Å²) in [6.45, 7) is 3.24. The largest absolute Gasteiger partial charge is 0.493 e. The topological polar surface area (TPSA) is 67.9 Å². The third-order valence-electron chi connectivity index (χ3n) is 5.35. The zero-order valence-corrected chi connectivity index (χ0v) is 17.2. The number of hydrogen-bond donors (Lipinski definition) is 1. The van der Waals surface area contributed by atoms with E-state index < -0.39 is 0 Å². The number of carbonyl (C=O) groups is 2. The van der Waals surface area contributed by atoms with Crippen molar-refractivity contribution in [1.29, 1.82) is 0 Å². The standard InChI is InChI=1S/C23H28N2O4/c1-16-4-6-17(7-5-16)14-22(26)25-12-10-18(11-13-25)23(27)24-19-8-9-20(28-2)21(15-19)29-3/h4-9,15,18H,10-14H2,1-3H3,(H,24,27). The lowest BCUT2D eigenvalue weighted by atomic mass is 9.95. The van der Waals surface area contributed by atoms with E-state index in [2.05, 4.69) is 5.32 Å². The van der Waals surface area contributed by atoms with Gasteiger partial charge in [-0.15, -0.1) is 0 Å². The number of amides is 2. The molecule has 0 spiro atoms. The van der Waals surface area contributed by atoms with Crippen LogP contribution < -0.4 is 14.8 Å². The second-order valence-electron chi connectivity index (χ2n) is 7.38. The van der Waals surface area contributed by atoms with Crippen molar-refractivity contribution in [2.24, 2.45) is 5.92 Å². The molecule has 1 saturated heterocycles. The normalized spacial score (nSPS) is 14.4. The maximum Gasteiger partial charge on any atom is 0.227 e. The lowest BCUT2D eigenvalue weighted by Crippen LogP contribution is -2.42. The van der Waals surface area contributed by atoms with Crippen molar-refractivity contribution in [3.8, 4) is 11.5 Å². The zero-order chi connectivity index (χ0) is 20.8. The Balaban J connectivity index is 1.51. The molecule has 0 bridgehead atoms. The molecule has 1 aliphatic rings. The Morgan fingerprint density at radius 3 is 2.28 bits per heavy atom. The zero-order valence-electron chi connectivity index (χ0n) is 17.2. The average Bonchev–Trinajstić information content (AvgIpc) is 2.75. The van der Waals surface area contributed by atoms with Crippen LogP contribution in [0, 0.1) is 12.8 Å². The lowest BCUT2D eigenvalue weighted by Gasteiger charge is -2.31. The van der Waals surface area contributed by atoms with Crippen LogP contribution in [0.15, 0.2) is 42.5 Å². The second-order valence-corrected chi connectivity index (χ2v) is 7.38. The third kappa shape index (κ3) is 5.28. The smallest absolute Gasteiger partial charge is 0.227 e. The van der Waals surface area contributed by atoms with Crippen molar-refractivity contribution in [2.45, 2.75) is 26.2 Å². The first-order valence-electron chi connectivity index (χ1n) is 9.86. The van der Waals surface area contributed by atoms with Gasteiger partial charge in [0.25, 0.3) is 0 Å². The molecule has 3 rings (SSSR count). The first-order chi connectivity index (χ1) is 14.0. The molecule has 154 valence electrons. The summed E-state index contributed by atoms with van der Waals surface area (Å²) in [4.78, 5) is 27.0. The van der Waals surface area contributed by atoms with Crippen LogP contribution in [0.5, 0.6) is 11.5 Å². The monoisotopic (exact) mass is 396 g/mol. The number of aryl methyl sites for hydroxylation is 1. The third-order valence-corrected chi connectivity index (χ3v) is 5.35. The molecule has 0 aromatic heterocycles. The molecule has 0 atom stereocenters. The molecule has 2 aromatic carbocycles. The van der Waals surface area contributed by atoms with Gasteiger partial charge in [-0.3, -0.25) is 9.59 Å². The Morgan fingerprint density at radius 2 is 1.66 bits per heavy atom. The van der Waals surface area contributed by atoms with E-state index >= 15 is 0 Å². The number of nitrogens with one attached hydrogen (secondary N) is 1. The van der Waals surface area contributed by atoms with Crippen LogP contribution in [0.25, 0.3) is 0 Å². The van der Waals surface area contributed by atoms with Crippen LogP contribution >= 0.6 is 0 Å². The molecule has 0 unspecified atom stereocenters. The fraction of sp³-hybridized carbons (Fsp3) is 0.391. The van der Waals surface area contributed by atoms with Crippen molar-refractivity contribution >= 4 is 17.5 Å². The van der Waals surface area contributed by atoms with Gasteiger partial charge in [0.15, 0.2) is 11.5 Å². The lowest BCUT2D eigenvalue weighted by molar-refractivity contribution is -0.133. The van der Waals surface area contributed by atoms with Crippen LogP contribution in [0.3, 0.4) is 0 Å². The quantitative estimate of drug-likeness (QED) is 0.812. The van der Waals surface area contributed by atoms with Crippen molar-refractivity contribution < 1.29 is 19.1 Å². The summed E-state index contributed by atoms with van der Waals surface area (Å²) in [5.41, 5.74) is 2.88. The van der Waals surface area contributed by atoms with E-state index in [0.29, 0.717) is 49.5 Å². The molecule has 6 nitrogen and oxygen atoms in total. The summed E-state index contributed by atoms with van der Waals surface area (Å²) in [5, 5.41) is 2.95. The number of benzene rings is 2. The summed E-state index contributed by atoms with van der Waals surface area (Å²) in [6.07, 6.45) is 1.74. The number of methoxy groups -OCH3 is 2. The van der Waals surface area contributed by atoms with Crippen LogP contribution in [0.2, 0.25) is 0 Å².